The van der Waals surface area contributed by atoms with Crippen molar-refractivity contribution in [3.05, 3.63) is 30.1 Å². The number of carbonyl (C=O) groups is 1. The Hall–Kier alpha value is -1.89. The zero-order valence-electron chi connectivity index (χ0n) is 11.9. The first-order chi connectivity index (χ1) is 9.09. The van der Waals surface area contributed by atoms with Gasteiger partial charge in [-0.05, 0) is 37.0 Å². The molecule has 0 aromatic carbocycles. The Labute approximate surface area is 115 Å². The quantitative estimate of drug-likeness (QED) is 0.788. The molecule has 0 aliphatic carbocycles. The number of hydrogen-bond acceptors (Lipinski definition) is 3. The molecule has 4 nitrogen and oxygen atoms in total. The van der Waals surface area contributed by atoms with Crippen LogP contribution in [0.3, 0.4) is 0 Å². The average molecular weight is 259 g/mol. The molecule has 0 fully saturated rings. The van der Waals surface area contributed by atoms with Crippen LogP contribution in [-0.2, 0) is 11.2 Å². The Kier molecular flexibility index (Phi) is 5.50. The number of aromatic nitrogens is 1. The highest BCUT2D eigenvalue weighted by Gasteiger charge is 2.36. The van der Waals surface area contributed by atoms with Gasteiger partial charge in [-0.1, -0.05) is 13.8 Å². The summed E-state index contributed by atoms with van der Waals surface area (Å²) in [6, 6.07) is 6.07. The van der Waals surface area contributed by atoms with Crippen molar-refractivity contribution in [3.8, 4) is 6.07 Å². The van der Waals surface area contributed by atoms with Gasteiger partial charge < -0.3 is 4.90 Å². The van der Waals surface area contributed by atoms with Crippen molar-refractivity contribution in [2.75, 3.05) is 13.6 Å². The fourth-order valence-corrected chi connectivity index (χ4v) is 2.07. The normalized spacial score (nSPS) is 10.8. The second-order valence-electron chi connectivity index (χ2n) is 4.73. The van der Waals surface area contributed by atoms with Gasteiger partial charge in [0.05, 0.1) is 6.07 Å². The van der Waals surface area contributed by atoms with Gasteiger partial charge in [0.15, 0.2) is 0 Å². The van der Waals surface area contributed by atoms with Crippen LogP contribution in [0.15, 0.2) is 24.5 Å². The molecule has 1 aromatic rings. The molecule has 0 spiro atoms. The van der Waals surface area contributed by atoms with E-state index in [-0.39, 0.29) is 5.91 Å². The van der Waals surface area contributed by atoms with E-state index < -0.39 is 5.41 Å². The molecule has 0 aliphatic heterocycles. The monoisotopic (exact) mass is 259 g/mol. The van der Waals surface area contributed by atoms with Gasteiger partial charge in [-0.3, -0.25) is 9.78 Å². The van der Waals surface area contributed by atoms with E-state index in [0.29, 0.717) is 19.4 Å². The van der Waals surface area contributed by atoms with Crippen LogP contribution in [0.4, 0.5) is 0 Å². The maximum Gasteiger partial charge on any atom is 0.242 e. The molecule has 0 saturated heterocycles. The minimum absolute atomic E-state index is 0.0749. The van der Waals surface area contributed by atoms with E-state index in [4.69, 9.17) is 0 Å². The van der Waals surface area contributed by atoms with Gasteiger partial charge in [0, 0.05) is 26.0 Å². The molecule has 0 unspecified atom stereocenters. The Morgan fingerprint density at radius 2 is 1.95 bits per heavy atom. The number of carbonyl (C=O) groups excluding carboxylic acids is 1. The number of nitriles is 1. The van der Waals surface area contributed by atoms with Crippen LogP contribution < -0.4 is 0 Å². The molecule has 0 N–H and O–H groups in total. The summed E-state index contributed by atoms with van der Waals surface area (Å²) >= 11 is 0. The SMILES string of the molecule is CCC(C#N)(CC)C(=O)N(C)CCc1ccncc1. The number of amides is 1. The number of rotatable bonds is 6. The Bertz CT molecular complexity index is 446. The van der Waals surface area contributed by atoms with E-state index in [2.05, 4.69) is 11.1 Å². The molecule has 0 radical (unpaired) electrons. The maximum atomic E-state index is 12.4. The first-order valence-electron chi connectivity index (χ1n) is 6.65. The zero-order chi connectivity index (χ0) is 14.3. The molecule has 4 heteroatoms. The second kappa shape index (κ2) is 6.89. The van der Waals surface area contributed by atoms with Gasteiger partial charge in [-0.2, -0.15) is 5.26 Å². The molecule has 1 aromatic heterocycles. The van der Waals surface area contributed by atoms with Crippen molar-refractivity contribution in [1.82, 2.24) is 9.88 Å². The van der Waals surface area contributed by atoms with Gasteiger partial charge >= 0.3 is 0 Å². The van der Waals surface area contributed by atoms with Crippen molar-refractivity contribution < 1.29 is 4.79 Å². The number of nitrogens with zero attached hydrogens (tertiary/aromatic N) is 3. The van der Waals surface area contributed by atoms with Gasteiger partial charge in [0.25, 0.3) is 0 Å². The molecule has 1 heterocycles. The first kappa shape index (κ1) is 15.2. The van der Waals surface area contributed by atoms with Gasteiger partial charge in [0.1, 0.15) is 5.41 Å². The van der Waals surface area contributed by atoms with E-state index >= 15 is 0 Å². The minimum Gasteiger partial charge on any atom is -0.344 e. The van der Waals surface area contributed by atoms with Gasteiger partial charge in [-0.15, -0.1) is 0 Å². The van der Waals surface area contributed by atoms with E-state index in [1.54, 1.807) is 24.3 Å². The lowest BCUT2D eigenvalue weighted by Crippen LogP contribution is -2.41. The summed E-state index contributed by atoms with van der Waals surface area (Å²) in [7, 11) is 1.76. The molecule has 1 rings (SSSR count). The number of pyridine rings is 1. The summed E-state index contributed by atoms with van der Waals surface area (Å²) in [4.78, 5) is 18.0. The van der Waals surface area contributed by atoms with Crippen molar-refractivity contribution in [2.24, 2.45) is 5.41 Å². The predicted molar refractivity (Wildman–Crippen MR) is 74.2 cm³/mol. The van der Waals surface area contributed by atoms with E-state index in [1.165, 1.54) is 0 Å². The van der Waals surface area contributed by atoms with Gasteiger partial charge in [0.2, 0.25) is 5.91 Å². The van der Waals surface area contributed by atoms with Crippen LogP contribution in [0.25, 0.3) is 0 Å². The zero-order valence-corrected chi connectivity index (χ0v) is 11.9. The molecule has 19 heavy (non-hydrogen) atoms. The first-order valence-corrected chi connectivity index (χ1v) is 6.65. The van der Waals surface area contributed by atoms with Crippen LogP contribution >= 0.6 is 0 Å². The van der Waals surface area contributed by atoms with Crippen molar-refractivity contribution in [2.45, 2.75) is 33.1 Å². The molecular formula is C15H21N3O. The fourth-order valence-electron chi connectivity index (χ4n) is 2.07. The Morgan fingerprint density at radius 3 is 2.42 bits per heavy atom. The van der Waals surface area contributed by atoms with Crippen molar-refractivity contribution in [1.29, 1.82) is 5.26 Å². The van der Waals surface area contributed by atoms with E-state index in [1.807, 2.05) is 26.0 Å². The molecule has 0 atom stereocenters. The summed E-state index contributed by atoms with van der Waals surface area (Å²) in [6.45, 7) is 4.40. The summed E-state index contributed by atoms with van der Waals surface area (Å²) in [5, 5.41) is 9.28. The third-order valence-electron chi connectivity index (χ3n) is 3.66. The third-order valence-corrected chi connectivity index (χ3v) is 3.66. The third kappa shape index (κ3) is 3.54. The largest absolute Gasteiger partial charge is 0.344 e. The number of hydrogen-bond donors (Lipinski definition) is 0. The lowest BCUT2D eigenvalue weighted by molar-refractivity contribution is -0.138. The van der Waals surface area contributed by atoms with Crippen LogP contribution in [-0.4, -0.2) is 29.4 Å². The van der Waals surface area contributed by atoms with Crippen LogP contribution in [0.2, 0.25) is 0 Å². The fraction of sp³-hybridized carbons (Fsp3) is 0.533. The highest BCUT2D eigenvalue weighted by atomic mass is 16.2. The molecular weight excluding hydrogens is 238 g/mol. The molecule has 0 saturated carbocycles. The number of likely N-dealkylation sites (N-methyl/N-ethyl adjacent to an activating group) is 1. The predicted octanol–water partition coefficient (Wildman–Crippen LogP) is 2.41. The van der Waals surface area contributed by atoms with Crippen LogP contribution in [0.1, 0.15) is 32.3 Å². The minimum atomic E-state index is -0.868. The van der Waals surface area contributed by atoms with Crippen molar-refractivity contribution >= 4 is 5.91 Å². The Morgan fingerprint density at radius 1 is 1.37 bits per heavy atom. The van der Waals surface area contributed by atoms with Crippen molar-refractivity contribution in [3.63, 3.8) is 0 Å². The smallest absolute Gasteiger partial charge is 0.242 e. The summed E-state index contributed by atoms with van der Waals surface area (Å²) in [5.41, 5.74) is 0.276. The van der Waals surface area contributed by atoms with E-state index in [0.717, 1.165) is 12.0 Å². The maximum absolute atomic E-state index is 12.4. The van der Waals surface area contributed by atoms with Gasteiger partial charge in [-0.25, -0.2) is 0 Å². The summed E-state index contributed by atoms with van der Waals surface area (Å²) in [6.07, 6.45) is 5.38. The Balaban J connectivity index is 2.65. The molecule has 0 aliphatic rings. The highest BCUT2D eigenvalue weighted by Crippen LogP contribution is 2.27. The molecule has 0 bridgehead atoms. The lowest BCUT2D eigenvalue weighted by atomic mass is 9.82. The lowest BCUT2D eigenvalue weighted by Gasteiger charge is -2.28. The standard InChI is InChI=1S/C15H21N3O/c1-4-15(5-2,12-16)14(19)18(3)11-8-13-6-9-17-10-7-13/h6-7,9-10H,4-5,8,11H2,1-3H3. The summed E-state index contributed by atoms with van der Waals surface area (Å²) in [5.74, 6) is -0.0749. The average Bonchev–Trinajstić information content (AvgIpc) is 2.48. The topological polar surface area (TPSA) is 57.0 Å². The second-order valence-corrected chi connectivity index (χ2v) is 4.73. The molecule has 102 valence electrons. The van der Waals surface area contributed by atoms with Crippen LogP contribution in [0.5, 0.6) is 0 Å². The molecule has 1 amide bonds. The summed E-state index contributed by atoms with van der Waals surface area (Å²) < 4.78 is 0. The van der Waals surface area contributed by atoms with Crippen LogP contribution in [0, 0.1) is 16.7 Å². The van der Waals surface area contributed by atoms with E-state index in [9.17, 15) is 10.1 Å². The highest BCUT2D eigenvalue weighted by molar-refractivity contribution is 5.85.